The Bertz CT molecular complexity index is 278. The Hall–Kier alpha value is -0.900. The standard InChI is InChI=1S/C11H18N2O2/c12-11(15)7-13-6-2-4-9(13)8-3-1-5-10(8)14/h8-9H,1-7H2,(H2,12,15). The van der Waals surface area contributed by atoms with E-state index in [9.17, 15) is 9.59 Å². The lowest BCUT2D eigenvalue weighted by Crippen LogP contribution is -2.42. The number of amides is 1. The van der Waals surface area contributed by atoms with Gasteiger partial charge in [-0.05, 0) is 32.2 Å². The van der Waals surface area contributed by atoms with E-state index in [1.165, 1.54) is 0 Å². The number of nitrogens with two attached hydrogens (primary N) is 1. The number of hydrogen-bond acceptors (Lipinski definition) is 3. The summed E-state index contributed by atoms with van der Waals surface area (Å²) in [6.45, 7) is 1.23. The maximum Gasteiger partial charge on any atom is 0.231 e. The molecule has 1 aliphatic heterocycles. The molecule has 1 amide bonds. The number of ketones is 1. The van der Waals surface area contributed by atoms with E-state index in [1.54, 1.807) is 0 Å². The molecule has 2 N–H and O–H groups in total. The van der Waals surface area contributed by atoms with Gasteiger partial charge < -0.3 is 5.73 Å². The highest BCUT2D eigenvalue weighted by Crippen LogP contribution is 2.32. The summed E-state index contributed by atoms with van der Waals surface area (Å²) < 4.78 is 0. The van der Waals surface area contributed by atoms with Crippen LogP contribution in [-0.4, -0.2) is 35.7 Å². The van der Waals surface area contributed by atoms with Gasteiger partial charge in [-0.25, -0.2) is 0 Å². The smallest absolute Gasteiger partial charge is 0.231 e. The molecule has 15 heavy (non-hydrogen) atoms. The van der Waals surface area contributed by atoms with Gasteiger partial charge in [0.2, 0.25) is 5.91 Å². The molecular formula is C11H18N2O2. The Kier molecular flexibility index (Phi) is 3.05. The molecule has 0 bridgehead atoms. The average Bonchev–Trinajstić information content (AvgIpc) is 2.73. The van der Waals surface area contributed by atoms with E-state index in [0.29, 0.717) is 12.3 Å². The van der Waals surface area contributed by atoms with Gasteiger partial charge in [-0.1, -0.05) is 0 Å². The van der Waals surface area contributed by atoms with Crippen LogP contribution in [0.25, 0.3) is 0 Å². The van der Waals surface area contributed by atoms with E-state index >= 15 is 0 Å². The number of hydrogen-bond donors (Lipinski definition) is 1. The summed E-state index contributed by atoms with van der Waals surface area (Å²) >= 11 is 0. The molecule has 4 heteroatoms. The number of Topliss-reactive ketones (excluding diaryl/α,β-unsaturated/α-hetero) is 1. The molecule has 0 aromatic rings. The van der Waals surface area contributed by atoms with Crippen LogP contribution >= 0.6 is 0 Å². The first kappa shape index (κ1) is 10.6. The first-order valence-corrected chi connectivity index (χ1v) is 5.73. The number of rotatable bonds is 3. The molecule has 0 radical (unpaired) electrons. The van der Waals surface area contributed by atoms with E-state index in [2.05, 4.69) is 4.90 Å². The fraction of sp³-hybridized carbons (Fsp3) is 0.818. The lowest BCUT2D eigenvalue weighted by molar-refractivity contribution is -0.124. The Morgan fingerprint density at radius 3 is 2.80 bits per heavy atom. The van der Waals surface area contributed by atoms with E-state index in [-0.39, 0.29) is 17.9 Å². The zero-order chi connectivity index (χ0) is 10.8. The van der Waals surface area contributed by atoms with Gasteiger partial charge in [-0.3, -0.25) is 14.5 Å². The molecule has 1 saturated carbocycles. The molecule has 2 atom stereocenters. The number of primary amides is 1. The maximum absolute atomic E-state index is 11.6. The quantitative estimate of drug-likeness (QED) is 0.729. The van der Waals surface area contributed by atoms with Gasteiger partial charge >= 0.3 is 0 Å². The SMILES string of the molecule is NC(=O)CN1CCCC1C1CCCC1=O. The van der Waals surface area contributed by atoms with Crippen molar-refractivity contribution in [2.24, 2.45) is 11.7 Å². The van der Waals surface area contributed by atoms with Crippen molar-refractivity contribution in [1.82, 2.24) is 4.90 Å². The number of carbonyl (C=O) groups is 2. The fourth-order valence-corrected chi connectivity index (χ4v) is 2.95. The average molecular weight is 210 g/mol. The van der Waals surface area contributed by atoms with Gasteiger partial charge in [0.05, 0.1) is 6.54 Å². The molecule has 0 aromatic carbocycles. The molecular weight excluding hydrogens is 192 g/mol. The topological polar surface area (TPSA) is 63.4 Å². The third-order valence-corrected chi connectivity index (χ3v) is 3.59. The monoisotopic (exact) mass is 210 g/mol. The van der Waals surface area contributed by atoms with Crippen LogP contribution in [0, 0.1) is 5.92 Å². The first-order valence-electron chi connectivity index (χ1n) is 5.73. The molecule has 2 aliphatic rings. The lowest BCUT2D eigenvalue weighted by atomic mass is 9.95. The molecule has 0 aromatic heterocycles. The first-order chi connectivity index (χ1) is 7.18. The molecule has 2 rings (SSSR count). The molecule has 84 valence electrons. The summed E-state index contributed by atoms with van der Waals surface area (Å²) in [6.07, 6.45) is 4.88. The van der Waals surface area contributed by atoms with E-state index in [1.807, 2.05) is 0 Å². The molecule has 1 aliphatic carbocycles. The van der Waals surface area contributed by atoms with E-state index in [0.717, 1.165) is 38.6 Å². The summed E-state index contributed by atoms with van der Waals surface area (Å²) in [5.41, 5.74) is 5.20. The van der Waals surface area contributed by atoms with Crippen LogP contribution in [0.5, 0.6) is 0 Å². The predicted octanol–water partition coefficient (Wildman–Crippen LogP) is 0.305. The van der Waals surface area contributed by atoms with Gasteiger partial charge in [-0.2, -0.15) is 0 Å². The maximum atomic E-state index is 11.6. The fourth-order valence-electron chi connectivity index (χ4n) is 2.95. The minimum atomic E-state index is -0.285. The zero-order valence-electron chi connectivity index (χ0n) is 8.95. The highest BCUT2D eigenvalue weighted by atomic mass is 16.1. The molecule has 2 unspecified atom stereocenters. The van der Waals surface area contributed by atoms with Crippen LogP contribution in [0.1, 0.15) is 32.1 Å². The van der Waals surface area contributed by atoms with Crippen molar-refractivity contribution in [3.8, 4) is 0 Å². The van der Waals surface area contributed by atoms with Crippen LogP contribution in [-0.2, 0) is 9.59 Å². The van der Waals surface area contributed by atoms with Crippen LogP contribution in [0.15, 0.2) is 0 Å². The highest BCUT2D eigenvalue weighted by molar-refractivity contribution is 5.83. The van der Waals surface area contributed by atoms with Gasteiger partial charge in [-0.15, -0.1) is 0 Å². The molecule has 2 fully saturated rings. The molecule has 4 nitrogen and oxygen atoms in total. The van der Waals surface area contributed by atoms with Crippen LogP contribution in [0.4, 0.5) is 0 Å². The van der Waals surface area contributed by atoms with Crippen LogP contribution in [0.2, 0.25) is 0 Å². The molecule has 0 spiro atoms. The Morgan fingerprint density at radius 1 is 1.40 bits per heavy atom. The van der Waals surface area contributed by atoms with Crippen molar-refractivity contribution in [3.05, 3.63) is 0 Å². The largest absolute Gasteiger partial charge is 0.369 e. The summed E-state index contributed by atoms with van der Waals surface area (Å²) in [5, 5.41) is 0. The number of carbonyl (C=O) groups excluding carboxylic acids is 2. The third kappa shape index (κ3) is 2.20. The highest BCUT2D eigenvalue weighted by Gasteiger charge is 2.38. The minimum absolute atomic E-state index is 0.173. The summed E-state index contributed by atoms with van der Waals surface area (Å²) in [5.74, 6) is 0.274. The molecule has 1 saturated heterocycles. The second-order valence-corrected chi connectivity index (χ2v) is 4.61. The van der Waals surface area contributed by atoms with Crippen molar-refractivity contribution in [3.63, 3.8) is 0 Å². The van der Waals surface area contributed by atoms with Crippen LogP contribution < -0.4 is 5.73 Å². The van der Waals surface area contributed by atoms with E-state index in [4.69, 9.17) is 5.73 Å². The summed E-state index contributed by atoms with van der Waals surface area (Å²) in [7, 11) is 0. The third-order valence-electron chi connectivity index (χ3n) is 3.59. The van der Waals surface area contributed by atoms with Gasteiger partial charge in [0.25, 0.3) is 0 Å². The lowest BCUT2D eigenvalue weighted by Gasteiger charge is -2.27. The van der Waals surface area contributed by atoms with Crippen molar-refractivity contribution >= 4 is 11.7 Å². The van der Waals surface area contributed by atoms with E-state index < -0.39 is 0 Å². The van der Waals surface area contributed by atoms with Gasteiger partial charge in [0, 0.05) is 18.4 Å². The van der Waals surface area contributed by atoms with Gasteiger partial charge in [0.15, 0.2) is 0 Å². The Balaban J connectivity index is 2.00. The van der Waals surface area contributed by atoms with Gasteiger partial charge in [0.1, 0.15) is 5.78 Å². The minimum Gasteiger partial charge on any atom is -0.369 e. The molecule has 1 heterocycles. The number of likely N-dealkylation sites (tertiary alicyclic amines) is 1. The Labute approximate surface area is 89.8 Å². The summed E-state index contributed by atoms with van der Waals surface area (Å²) in [6, 6.07) is 0.285. The van der Waals surface area contributed by atoms with Crippen LogP contribution in [0.3, 0.4) is 0 Å². The zero-order valence-corrected chi connectivity index (χ0v) is 8.95. The summed E-state index contributed by atoms with van der Waals surface area (Å²) in [4.78, 5) is 24.6. The second kappa shape index (κ2) is 4.31. The van der Waals surface area contributed by atoms with Crippen molar-refractivity contribution in [2.45, 2.75) is 38.1 Å². The predicted molar refractivity (Wildman–Crippen MR) is 56.1 cm³/mol. The van der Waals surface area contributed by atoms with Crippen molar-refractivity contribution in [2.75, 3.05) is 13.1 Å². The Morgan fingerprint density at radius 2 is 2.20 bits per heavy atom. The van der Waals surface area contributed by atoms with Crippen molar-refractivity contribution in [1.29, 1.82) is 0 Å². The normalized spacial score (nSPS) is 32.4. The van der Waals surface area contributed by atoms with Crippen molar-refractivity contribution < 1.29 is 9.59 Å². The number of nitrogens with zero attached hydrogens (tertiary/aromatic N) is 1. The second-order valence-electron chi connectivity index (χ2n) is 4.61.